The fraction of sp³-hybridized carbons (Fsp3) is 0.476. The molecule has 0 saturated heterocycles. The summed E-state index contributed by atoms with van der Waals surface area (Å²) in [6.07, 6.45) is 0. The van der Waals surface area contributed by atoms with E-state index >= 15 is 0 Å². The quantitative estimate of drug-likeness (QED) is 0.680. The number of nitrogens with zero attached hydrogens (tertiary/aromatic N) is 3. The fourth-order valence-corrected chi connectivity index (χ4v) is 2.92. The Morgan fingerprint density at radius 2 is 1.81 bits per heavy atom. The summed E-state index contributed by atoms with van der Waals surface area (Å²) in [7, 11) is 0. The van der Waals surface area contributed by atoms with Crippen LogP contribution in [0.5, 0.6) is 0 Å². The summed E-state index contributed by atoms with van der Waals surface area (Å²) in [5.41, 5.74) is 3.39. The van der Waals surface area contributed by atoms with Crippen molar-refractivity contribution >= 4 is 22.7 Å². The molecule has 6 heteroatoms. The molecule has 144 valence electrons. The molecule has 6 nitrogen and oxygen atoms in total. The molecule has 2 aromatic heterocycles. The van der Waals surface area contributed by atoms with E-state index in [0.717, 1.165) is 16.8 Å². The zero-order chi connectivity index (χ0) is 19.9. The predicted molar refractivity (Wildman–Crippen MR) is 107 cm³/mol. The number of benzene rings is 1. The first-order valence-corrected chi connectivity index (χ1v) is 9.38. The minimum Gasteiger partial charge on any atom is -0.440 e. The van der Waals surface area contributed by atoms with E-state index in [9.17, 15) is 4.79 Å². The number of carbonyl (C=O) groups is 1. The van der Waals surface area contributed by atoms with Gasteiger partial charge in [-0.05, 0) is 51.0 Å². The molecular weight excluding hydrogens is 340 g/mol. The number of aromatic nitrogens is 3. The van der Waals surface area contributed by atoms with Crippen molar-refractivity contribution in [1.82, 2.24) is 14.8 Å². The van der Waals surface area contributed by atoms with Gasteiger partial charge in [0.1, 0.15) is 5.52 Å². The van der Waals surface area contributed by atoms with Crippen LogP contribution in [0.15, 0.2) is 28.7 Å². The lowest BCUT2D eigenvalue weighted by molar-refractivity contribution is 0.102. The van der Waals surface area contributed by atoms with Crippen molar-refractivity contribution in [2.45, 2.75) is 65.8 Å². The van der Waals surface area contributed by atoms with Crippen LogP contribution in [-0.2, 0) is 5.54 Å². The number of carbonyl (C=O) groups excluding carboxylic acids is 1. The van der Waals surface area contributed by atoms with Gasteiger partial charge in [0, 0.05) is 17.3 Å². The summed E-state index contributed by atoms with van der Waals surface area (Å²) in [6.45, 7) is 14.5. The van der Waals surface area contributed by atoms with Gasteiger partial charge in [-0.25, -0.2) is 4.98 Å². The molecule has 0 unspecified atom stereocenters. The van der Waals surface area contributed by atoms with E-state index in [4.69, 9.17) is 4.42 Å². The smallest absolute Gasteiger partial charge is 0.276 e. The molecule has 0 spiro atoms. The Morgan fingerprint density at radius 3 is 2.37 bits per heavy atom. The number of fused-ring (bicyclic) bond motifs is 1. The monoisotopic (exact) mass is 368 g/mol. The van der Waals surface area contributed by atoms with E-state index in [-0.39, 0.29) is 23.3 Å². The first-order chi connectivity index (χ1) is 12.6. The summed E-state index contributed by atoms with van der Waals surface area (Å²) < 4.78 is 7.65. The maximum absolute atomic E-state index is 12.7. The van der Waals surface area contributed by atoms with E-state index in [1.165, 1.54) is 0 Å². The van der Waals surface area contributed by atoms with Crippen molar-refractivity contribution in [2.24, 2.45) is 0 Å². The number of hydrogen-bond acceptors (Lipinski definition) is 4. The van der Waals surface area contributed by atoms with Gasteiger partial charge in [-0.2, -0.15) is 5.10 Å². The van der Waals surface area contributed by atoms with Crippen LogP contribution in [0.1, 0.15) is 82.4 Å². The highest BCUT2D eigenvalue weighted by Crippen LogP contribution is 2.26. The topological polar surface area (TPSA) is 73.0 Å². The van der Waals surface area contributed by atoms with E-state index in [0.29, 0.717) is 17.3 Å². The number of anilines is 1. The van der Waals surface area contributed by atoms with Crippen molar-refractivity contribution in [3.8, 4) is 0 Å². The van der Waals surface area contributed by atoms with Crippen LogP contribution in [0.2, 0.25) is 0 Å². The lowest BCUT2D eigenvalue weighted by atomic mass is 10.1. The van der Waals surface area contributed by atoms with Gasteiger partial charge >= 0.3 is 0 Å². The molecule has 1 N–H and O–H groups in total. The van der Waals surface area contributed by atoms with Gasteiger partial charge in [0.05, 0.1) is 5.54 Å². The molecule has 2 heterocycles. The van der Waals surface area contributed by atoms with E-state index < -0.39 is 0 Å². The Hall–Kier alpha value is -2.63. The van der Waals surface area contributed by atoms with Crippen molar-refractivity contribution in [3.63, 3.8) is 0 Å². The maximum Gasteiger partial charge on any atom is 0.276 e. The molecule has 1 amide bonds. The molecule has 0 radical (unpaired) electrons. The van der Waals surface area contributed by atoms with Gasteiger partial charge < -0.3 is 9.73 Å². The maximum atomic E-state index is 12.7. The van der Waals surface area contributed by atoms with E-state index in [2.05, 4.69) is 50.0 Å². The average Bonchev–Trinajstić information content (AvgIpc) is 3.18. The van der Waals surface area contributed by atoms with Gasteiger partial charge in [0.25, 0.3) is 5.91 Å². The van der Waals surface area contributed by atoms with Crippen LogP contribution < -0.4 is 5.32 Å². The summed E-state index contributed by atoms with van der Waals surface area (Å²) in [4.78, 5) is 17.2. The molecule has 0 saturated carbocycles. The van der Waals surface area contributed by atoms with Crippen LogP contribution in [0, 0.1) is 0 Å². The number of nitrogens with one attached hydrogen (secondary N) is 1. The number of oxazole rings is 1. The van der Waals surface area contributed by atoms with Crippen molar-refractivity contribution < 1.29 is 9.21 Å². The fourth-order valence-electron chi connectivity index (χ4n) is 2.92. The minimum atomic E-state index is -0.230. The second-order valence-corrected chi connectivity index (χ2v) is 8.54. The highest BCUT2D eigenvalue weighted by molar-refractivity contribution is 6.03. The zero-order valence-electron chi connectivity index (χ0n) is 17.1. The molecule has 0 aliphatic carbocycles. The second-order valence-electron chi connectivity index (χ2n) is 8.54. The average molecular weight is 368 g/mol. The third-order valence-corrected chi connectivity index (χ3v) is 4.35. The van der Waals surface area contributed by atoms with Crippen LogP contribution >= 0.6 is 0 Å². The minimum absolute atomic E-state index is 0.189. The predicted octanol–water partition coefficient (Wildman–Crippen LogP) is 5.28. The molecule has 0 aliphatic rings. The third-order valence-electron chi connectivity index (χ3n) is 4.35. The molecular formula is C21H28N4O2. The molecule has 0 bridgehead atoms. The molecule has 3 aromatic rings. The molecule has 0 aliphatic heterocycles. The van der Waals surface area contributed by atoms with Crippen LogP contribution in [0.25, 0.3) is 11.1 Å². The standard InChI is InChI=1S/C21H28N4O2/c1-12(2)17-11-16(24-25(17)21(5,6)7)19(26)22-14-8-9-18-15(10-14)23-20(27-18)13(3)4/h8-13H,1-7H3,(H,22,26). The van der Waals surface area contributed by atoms with Crippen molar-refractivity contribution in [2.75, 3.05) is 5.32 Å². The van der Waals surface area contributed by atoms with Gasteiger partial charge in [-0.3, -0.25) is 9.48 Å². The first kappa shape index (κ1) is 19.1. The van der Waals surface area contributed by atoms with Crippen LogP contribution in [0.4, 0.5) is 5.69 Å². The van der Waals surface area contributed by atoms with Crippen molar-refractivity contribution in [1.29, 1.82) is 0 Å². The molecule has 1 aromatic carbocycles. The van der Waals surface area contributed by atoms with Gasteiger partial charge in [-0.15, -0.1) is 0 Å². The summed E-state index contributed by atoms with van der Waals surface area (Å²) in [5, 5.41) is 7.48. The summed E-state index contributed by atoms with van der Waals surface area (Å²) in [5.74, 6) is 0.955. The number of rotatable bonds is 4. The number of amides is 1. The molecule has 27 heavy (non-hydrogen) atoms. The van der Waals surface area contributed by atoms with Gasteiger partial charge in [-0.1, -0.05) is 27.7 Å². The highest BCUT2D eigenvalue weighted by atomic mass is 16.3. The Morgan fingerprint density at radius 1 is 1.11 bits per heavy atom. The zero-order valence-corrected chi connectivity index (χ0v) is 17.1. The Labute approximate surface area is 160 Å². The van der Waals surface area contributed by atoms with E-state index in [1.54, 1.807) is 0 Å². The Balaban J connectivity index is 1.88. The van der Waals surface area contributed by atoms with Crippen LogP contribution in [0.3, 0.4) is 0 Å². The summed E-state index contributed by atoms with van der Waals surface area (Å²) >= 11 is 0. The first-order valence-electron chi connectivity index (χ1n) is 9.38. The molecule has 0 atom stereocenters. The Kier molecular flexibility index (Phi) is 4.84. The normalized spacial score (nSPS) is 12.3. The SMILES string of the molecule is CC(C)c1nc2cc(NC(=O)c3cc(C(C)C)n(C(C)(C)C)n3)ccc2o1. The van der Waals surface area contributed by atoms with Crippen molar-refractivity contribution in [3.05, 3.63) is 41.5 Å². The van der Waals surface area contributed by atoms with Crippen LogP contribution in [-0.4, -0.2) is 20.7 Å². The molecule has 3 rings (SSSR count). The molecule has 0 fully saturated rings. The number of hydrogen-bond donors (Lipinski definition) is 1. The lowest BCUT2D eigenvalue weighted by Crippen LogP contribution is -2.26. The van der Waals surface area contributed by atoms with Gasteiger partial charge in [0.15, 0.2) is 17.2 Å². The highest BCUT2D eigenvalue weighted by Gasteiger charge is 2.23. The lowest BCUT2D eigenvalue weighted by Gasteiger charge is -2.23. The summed E-state index contributed by atoms with van der Waals surface area (Å²) in [6, 6.07) is 7.35. The van der Waals surface area contributed by atoms with Gasteiger partial charge in [0.2, 0.25) is 0 Å². The Bertz CT molecular complexity index is 974. The second kappa shape index (κ2) is 6.83. The third kappa shape index (κ3) is 3.89. The largest absolute Gasteiger partial charge is 0.440 e. The van der Waals surface area contributed by atoms with E-state index in [1.807, 2.05) is 42.8 Å².